The van der Waals surface area contributed by atoms with E-state index in [0.29, 0.717) is 11.9 Å². The predicted octanol–water partition coefficient (Wildman–Crippen LogP) is 2.90. The minimum atomic E-state index is 0.00988. The lowest BCUT2D eigenvalue weighted by Crippen LogP contribution is -2.28. The largest absolute Gasteiger partial charge is 0.354 e. The Bertz CT molecular complexity index is 729. The third-order valence-electron chi connectivity index (χ3n) is 4.24. The number of rotatable bonds is 5. The molecule has 24 heavy (non-hydrogen) atoms. The Hall–Kier alpha value is -2.69. The molecule has 1 saturated heterocycles. The Labute approximate surface area is 142 Å². The molecule has 0 saturated carbocycles. The number of likely N-dealkylation sites (tertiary alicyclic amines) is 1. The normalized spacial score (nSPS) is 16.9. The lowest BCUT2D eigenvalue weighted by atomic mass is 10.1. The van der Waals surface area contributed by atoms with Crippen molar-refractivity contribution < 1.29 is 4.79 Å². The van der Waals surface area contributed by atoms with E-state index in [1.807, 2.05) is 48.2 Å². The van der Waals surface area contributed by atoms with Crippen LogP contribution < -0.4 is 5.32 Å². The van der Waals surface area contributed by atoms with E-state index >= 15 is 0 Å². The van der Waals surface area contributed by atoms with Crippen molar-refractivity contribution in [2.45, 2.75) is 13.3 Å². The van der Waals surface area contributed by atoms with Gasteiger partial charge in [0.25, 0.3) is 0 Å². The molecule has 1 aliphatic heterocycles. The summed E-state index contributed by atoms with van der Waals surface area (Å²) < 4.78 is 0. The average molecular weight is 322 g/mol. The van der Waals surface area contributed by atoms with Crippen molar-refractivity contribution >= 4 is 11.9 Å². The Kier molecular flexibility index (Phi) is 4.89. The van der Waals surface area contributed by atoms with Crippen LogP contribution in [0.3, 0.4) is 0 Å². The van der Waals surface area contributed by atoms with Gasteiger partial charge in [-0.25, -0.2) is 9.97 Å². The van der Waals surface area contributed by atoms with Crippen molar-refractivity contribution in [3.63, 3.8) is 0 Å². The van der Waals surface area contributed by atoms with Gasteiger partial charge in [-0.2, -0.15) is 0 Å². The van der Waals surface area contributed by atoms with E-state index in [0.717, 1.165) is 43.0 Å². The summed E-state index contributed by atoms with van der Waals surface area (Å²) in [5, 5.41) is 3.33. The van der Waals surface area contributed by atoms with Gasteiger partial charge in [0.2, 0.25) is 11.9 Å². The number of nitrogens with zero attached hydrogens (tertiary/aromatic N) is 3. The fourth-order valence-electron chi connectivity index (χ4n) is 2.97. The molecule has 5 nitrogen and oxygen atoms in total. The molecule has 3 rings (SSSR count). The van der Waals surface area contributed by atoms with Gasteiger partial charge in [-0.3, -0.25) is 4.79 Å². The molecule has 1 aliphatic rings. The molecule has 2 heterocycles. The van der Waals surface area contributed by atoms with E-state index in [4.69, 9.17) is 0 Å². The molecule has 0 radical (unpaired) electrons. The van der Waals surface area contributed by atoms with Crippen molar-refractivity contribution in [3.05, 3.63) is 54.7 Å². The molecule has 2 aromatic rings. The highest BCUT2D eigenvalue weighted by Crippen LogP contribution is 2.20. The SMILES string of the molecule is C=CC(=O)N1CCC(CNc2nc(C)cc(-c3ccccc3)n2)C1. The van der Waals surface area contributed by atoms with Crippen LogP contribution in [0.15, 0.2) is 49.1 Å². The molecule has 124 valence electrons. The van der Waals surface area contributed by atoms with Gasteiger partial charge >= 0.3 is 0 Å². The Morgan fingerprint density at radius 1 is 1.38 bits per heavy atom. The van der Waals surface area contributed by atoms with E-state index in [9.17, 15) is 4.79 Å². The van der Waals surface area contributed by atoms with Gasteiger partial charge in [-0.05, 0) is 31.4 Å². The van der Waals surface area contributed by atoms with Gasteiger partial charge in [-0.15, -0.1) is 0 Å². The molecular weight excluding hydrogens is 300 g/mol. The van der Waals surface area contributed by atoms with Crippen LogP contribution in [0.2, 0.25) is 0 Å². The molecule has 1 unspecified atom stereocenters. The maximum atomic E-state index is 11.6. The molecular formula is C19H22N4O. The maximum absolute atomic E-state index is 11.6. The molecule has 1 atom stereocenters. The standard InChI is InChI=1S/C19H22N4O/c1-3-18(24)23-10-9-15(13-23)12-20-19-21-14(2)11-17(22-19)16-7-5-4-6-8-16/h3-8,11,15H,1,9-10,12-13H2,2H3,(H,20,21,22). The minimum Gasteiger partial charge on any atom is -0.354 e. The molecule has 0 bridgehead atoms. The van der Waals surface area contributed by atoms with Crippen LogP contribution in [0.5, 0.6) is 0 Å². The third kappa shape index (κ3) is 3.79. The molecule has 1 N–H and O–H groups in total. The number of aromatic nitrogens is 2. The zero-order chi connectivity index (χ0) is 16.9. The molecule has 1 amide bonds. The van der Waals surface area contributed by atoms with Crippen molar-refractivity contribution in [1.29, 1.82) is 0 Å². The molecule has 0 aliphatic carbocycles. The van der Waals surface area contributed by atoms with Crippen molar-refractivity contribution in [3.8, 4) is 11.3 Å². The molecule has 0 spiro atoms. The summed E-state index contributed by atoms with van der Waals surface area (Å²) in [6.07, 6.45) is 2.37. The third-order valence-corrected chi connectivity index (χ3v) is 4.24. The summed E-state index contributed by atoms with van der Waals surface area (Å²) in [5.41, 5.74) is 2.93. The summed E-state index contributed by atoms with van der Waals surface area (Å²) in [6.45, 7) is 7.83. The van der Waals surface area contributed by atoms with Crippen LogP contribution >= 0.6 is 0 Å². The fourth-order valence-corrected chi connectivity index (χ4v) is 2.97. The second-order valence-electron chi connectivity index (χ2n) is 6.11. The lowest BCUT2D eigenvalue weighted by molar-refractivity contribution is -0.125. The topological polar surface area (TPSA) is 58.1 Å². The molecule has 1 aromatic carbocycles. The smallest absolute Gasteiger partial charge is 0.245 e. The summed E-state index contributed by atoms with van der Waals surface area (Å²) in [6, 6.07) is 12.1. The molecule has 1 fully saturated rings. The van der Waals surface area contributed by atoms with E-state index in [1.54, 1.807) is 0 Å². The van der Waals surface area contributed by atoms with Gasteiger partial charge in [0.1, 0.15) is 0 Å². The van der Waals surface area contributed by atoms with Crippen molar-refractivity contribution in [1.82, 2.24) is 14.9 Å². The number of benzene rings is 1. The van der Waals surface area contributed by atoms with Crippen LogP contribution in [0, 0.1) is 12.8 Å². The first-order valence-electron chi connectivity index (χ1n) is 8.22. The van der Waals surface area contributed by atoms with Gasteiger partial charge < -0.3 is 10.2 Å². The quantitative estimate of drug-likeness (QED) is 0.860. The number of carbonyl (C=O) groups excluding carboxylic acids is 1. The van der Waals surface area contributed by atoms with Crippen molar-refractivity contribution in [2.75, 3.05) is 25.0 Å². The van der Waals surface area contributed by atoms with Gasteiger partial charge in [-0.1, -0.05) is 36.9 Å². The average Bonchev–Trinajstić information content (AvgIpc) is 3.08. The number of hydrogen-bond acceptors (Lipinski definition) is 4. The van der Waals surface area contributed by atoms with Crippen LogP contribution in [0.25, 0.3) is 11.3 Å². The predicted molar refractivity (Wildman–Crippen MR) is 95.6 cm³/mol. The minimum absolute atomic E-state index is 0.00988. The summed E-state index contributed by atoms with van der Waals surface area (Å²) >= 11 is 0. The zero-order valence-electron chi connectivity index (χ0n) is 13.9. The van der Waals surface area contributed by atoms with Crippen LogP contribution in [0.4, 0.5) is 5.95 Å². The van der Waals surface area contributed by atoms with E-state index in [-0.39, 0.29) is 5.91 Å². The van der Waals surface area contributed by atoms with Gasteiger partial charge in [0, 0.05) is 30.9 Å². The van der Waals surface area contributed by atoms with Crippen LogP contribution in [-0.2, 0) is 4.79 Å². The fraction of sp³-hybridized carbons (Fsp3) is 0.316. The number of aryl methyl sites for hydroxylation is 1. The van der Waals surface area contributed by atoms with E-state index < -0.39 is 0 Å². The maximum Gasteiger partial charge on any atom is 0.245 e. The zero-order valence-corrected chi connectivity index (χ0v) is 13.9. The first kappa shape index (κ1) is 16.2. The van der Waals surface area contributed by atoms with Gasteiger partial charge in [0.05, 0.1) is 5.69 Å². The first-order valence-corrected chi connectivity index (χ1v) is 8.22. The van der Waals surface area contributed by atoms with Crippen LogP contribution in [0.1, 0.15) is 12.1 Å². The first-order chi connectivity index (χ1) is 11.7. The number of anilines is 1. The highest BCUT2D eigenvalue weighted by Gasteiger charge is 2.24. The summed E-state index contributed by atoms with van der Waals surface area (Å²) in [4.78, 5) is 22.6. The van der Waals surface area contributed by atoms with E-state index in [1.165, 1.54) is 6.08 Å². The number of nitrogens with one attached hydrogen (secondary N) is 1. The summed E-state index contributed by atoms with van der Waals surface area (Å²) in [7, 11) is 0. The lowest BCUT2D eigenvalue weighted by Gasteiger charge is -2.15. The number of amides is 1. The molecule has 5 heteroatoms. The second-order valence-corrected chi connectivity index (χ2v) is 6.11. The number of hydrogen-bond donors (Lipinski definition) is 1. The molecule has 1 aromatic heterocycles. The highest BCUT2D eigenvalue weighted by molar-refractivity contribution is 5.87. The Balaban J connectivity index is 1.65. The highest BCUT2D eigenvalue weighted by atomic mass is 16.2. The summed E-state index contributed by atoms with van der Waals surface area (Å²) in [5.74, 6) is 1.07. The number of carbonyl (C=O) groups is 1. The monoisotopic (exact) mass is 322 g/mol. The van der Waals surface area contributed by atoms with E-state index in [2.05, 4.69) is 21.9 Å². The van der Waals surface area contributed by atoms with Gasteiger partial charge in [0.15, 0.2) is 0 Å². The Morgan fingerprint density at radius 2 is 2.17 bits per heavy atom. The van der Waals surface area contributed by atoms with Crippen molar-refractivity contribution in [2.24, 2.45) is 5.92 Å². The Morgan fingerprint density at radius 3 is 2.92 bits per heavy atom. The second kappa shape index (κ2) is 7.25. The van der Waals surface area contributed by atoms with Crippen LogP contribution in [-0.4, -0.2) is 40.4 Å².